The maximum Gasteiger partial charge on any atom is 0.245 e. The van der Waals surface area contributed by atoms with Crippen molar-refractivity contribution in [3.63, 3.8) is 0 Å². The Morgan fingerprint density at radius 1 is 1.03 bits per heavy atom. The van der Waals surface area contributed by atoms with Crippen LogP contribution < -0.4 is 5.32 Å². The quantitative estimate of drug-likeness (QED) is 0.483. The number of nitrogens with one attached hydrogen (secondary N) is 1. The van der Waals surface area contributed by atoms with E-state index in [0.29, 0.717) is 18.8 Å². The normalized spacial score (nSPS) is 11.5. The molecule has 0 radical (unpaired) electrons. The summed E-state index contributed by atoms with van der Waals surface area (Å²) in [5.74, 6) is 0.527. The third-order valence-corrected chi connectivity index (χ3v) is 5.51. The molecule has 3 rings (SSSR count). The lowest BCUT2D eigenvalue weighted by molar-refractivity contribution is -0.136. The van der Waals surface area contributed by atoms with E-state index in [0.717, 1.165) is 22.5 Å². The average Bonchev–Trinajstić information content (AvgIpc) is 3.18. The van der Waals surface area contributed by atoms with Crippen LogP contribution in [-0.4, -0.2) is 33.0 Å². The summed E-state index contributed by atoms with van der Waals surface area (Å²) >= 11 is 0. The van der Waals surface area contributed by atoms with Crippen molar-refractivity contribution in [1.29, 1.82) is 0 Å². The highest BCUT2D eigenvalue weighted by molar-refractivity contribution is 5.94. The lowest BCUT2D eigenvalue weighted by Crippen LogP contribution is -2.38. The van der Waals surface area contributed by atoms with Gasteiger partial charge in [-0.25, -0.2) is 4.68 Å². The topological polar surface area (TPSA) is 67.2 Å². The van der Waals surface area contributed by atoms with Crippen molar-refractivity contribution < 1.29 is 9.59 Å². The molecule has 0 saturated heterocycles. The molecule has 0 saturated carbocycles. The Bertz CT molecular complexity index is 1110. The summed E-state index contributed by atoms with van der Waals surface area (Å²) in [7, 11) is 0. The van der Waals surface area contributed by atoms with Crippen LogP contribution in [0.4, 0.5) is 5.82 Å². The zero-order chi connectivity index (χ0) is 24.9. The van der Waals surface area contributed by atoms with Gasteiger partial charge in [0.05, 0.1) is 11.4 Å². The summed E-state index contributed by atoms with van der Waals surface area (Å²) in [5, 5.41) is 7.79. The SMILES string of the molecule is Cc1ccc(-n2nc(C(C)(C)C)cc2NC(=O)CN(Cc2ccccc2)C(=O)CC(C)C)cc1. The van der Waals surface area contributed by atoms with Crippen molar-refractivity contribution in [1.82, 2.24) is 14.7 Å². The fourth-order valence-electron chi connectivity index (χ4n) is 3.59. The molecule has 1 aromatic heterocycles. The lowest BCUT2D eigenvalue weighted by Gasteiger charge is -2.23. The van der Waals surface area contributed by atoms with Crippen LogP contribution in [-0.2, 0) is 21.5 Å². The highest BCUT2D eigenvalue weighted by Gasteiger charge is 2.23. The molecule has 0 unspecified atom stereocenters. The predicted octanol–water partition coefficient (Wildman–Crippen LogP) is 5.49. The van der Waals surface area contributed by atoms with E-state index in [9.17, 15) is 9.59 Å². The number of hydrogen-bond donors (Lipinski definition) is 1. The Morgan fingerprint density at radius 3 is 2.26 bits per heavy atom. The minimum absolute atomic E-state index is 0.0234. The van der Waals surface area contributed by atoms with Gasteiger partial charge in [-0.15, -0.1) is 0 Å². The van der Waals surface area contributed by atoms with Gasteiger partial charge in [0.15, 0.2) is 0 Å². The second kappa shape index (κ2) is 10.7. The second-order valence-corrected chi connectivity index (χ2v) is 10.3. The number of carbonyl (C=O) groups is 2. The number of benzene rings is 2. The minimum Gasteiger partial charge on any atom is -0.329 e. The van der Waals surface area contributed by atoms with Crippen molar-refractivity contribution in [3.8, 4) is 5.69 Å². The Hall–Kier alpha value is -3.41. The molecule has 1 heterocycles. The summed E-state index contributed by atoms with van der Waals surface area (Å²) in [4.78, 5) is 27.7. The summed E-state index contributed by atoms with van der Waals surface area (Å²) < 4.78 is 1.76. The molecule has 180 valence electrons. The van der Waals surface area contributed by atoms with E-state index < -0.39 is 0 Å². The van der Waals surface area contributed by atoms with Crippen LogP contribution in [0.2, 0.25) is 0 Å². The van der Waals surface area contributed by atoms with E-state index in [1.165, 1.54) is 0 Å². The largest absolute Gasteiger partial charge is 0.329 e. The molecule has 0 fully saturated rings. The van der Waals surface area contributed by atoms with Crippen molar-refractivity contribution >= 4 is 17.6 Å². The van der Waals surface area contributed by atoms with E-state index >= 15 is 0 Å². The molecule has 6 heteroatoms. The number of hydrogen-bond acceptors (Lipinski definition) is 3. The van der Waals surface area contributed by atoms with Crippen LogP contribution in [0.1, 0.15) is 57.9 Å². The van der Waals surface area contributed by atoms with Crippen molar-refractivity contribution in [2.24, 2.45) is 5.92 Å². The molecule has 0 spiro atoms. The molecule has 0 atom stereocenters. The van der Waals surface area contributed by atoms with E-state index in [2.05, 4.69) is 26.1 Å². The maximum absolute atomic E-state index is 13.2. The van der Waals surface area contributed by atoms with Gasteiger partial charge in [0.2, 0.25) is 11.8 Å². The first kappa shape index (κ1) is 25.2. The predicted molar refractivity (Wildman–Crippen MR) is 137 cm³/mol. The fourth-order valence-corrected chi connectivity index (χ4v) is 3.59. The number of anilines is 1. The molecule has 34 heavy (non-hydrogen) atoms. The number of rotatable bonds is 8. The Kier molecular flexibility index (Phi) is 7.92. The van der Waals surface area contributed by atoms with Gasteiger partial charge in [0, 0.05) is 24.4 Å². The summed E-state index contributed by atoms with van der Waals surface area (Å²) in [6, 6.07) is 19.7. The minimum atomic E-state index is -0.248. The van der Waals surface area contributed by atoms with Crippen molar-refractivity contribution in [2.75, 3.05) is 11.9 Å². The van der Waals surface area contributed by atoms with Gasteiger partial charge in [0.25, 0.3) is 0 Å². The van der Waals surface area contributed by atoms with Gasteiger partial charge in [-0.1, -0.05) is 82.6 Å². The first-order chi connectivity index (χ1) is 16.0. The molecule has 2 aromatic carbocycles. The van der Waals surface area contributed by atoms with Crippen molar-refractivity contribution in [3.05, 3.63) is 77.5 Å². The summed E-state index contributed by atoms with van der Waals surface area (Å²) in [6.07, 6.45) is 0.398. The van der Waals surface area contributed by atoms with Crippen LogP contribution in [0.15, 0.2) is 60.7 Å². The van der Waals surface area contributed by atoms with Crippen LogP contribution in [0.5, 0.6) is 0 Å². The first-order valence-corrected chi connectivity index (χ1v) is 11.8. The third-order valence-electron chi connectivity index (χ3n) is 5.51. The highest BCUT2D eigenvalue weighted by atomic mass is 16.2. The summed E-state index contributed by atoms with van der Waals surface area (Å²) in [5.41, 5.74) is 3.71. The smallest absolute Gasteiger partial charge is 0.245 e. The molecule has 0 aliphatic carbocycles. The molecule has 0 aliphatic rings. The number of carbonyl (C=O) groups excluding carboxylic acids is 2. The Balaban J connectivity index is 1.85. The zero-order valence-electron chi connectivity index (χ0n) is 21.1. The standard InChI is InChI=1S/C28H36N4O2/c1-20(2)16-27(34)31(18-22-10-8-7-9-11-22)19-26(33)29-25-17-24(28(4,5)6)30-32(25)23-14-12-21(3)13-15-23/h7-15,17,20H,16,18-19H2,1-6H3,(H,29,33). The molecule has 0 bridgehead atoms. The number of aryl methyl sites for hydroxylation is 1. The van der Waals surface area contributed by atoms with E-state index in [-0.39, 0.29) is 29.7 Å². The van der Waals surface area contributed by atoms with Gasteiger partial charge in [-0.3, -0.25) is 9.59 Å². The van der Waals surface area contributed by atoms with E-state index in [1.54, 1.807) is 9.58 Å². The Morgan fingerprint density at radius 2 is 1.68 bits per heavy atom. The van der Waals surface area contributed by atoms with Gasteiger partial charge in [-0.2, -0.15) is 5.10 Å². The van der Waals surface area contributed by atoms with Crippen LogP contribution in [0, 0.1) is 12.8 Å². The molecule has 6 nitrogen and oxygen atoms in total. The molecule has 2 amide bonds. The van der Waals surface area contributed by atoms with Crippen LogP contribution >= 0.6 is 0 Å². The first-order valence-electron chi connectivity index (χ1n) is 11.8. The van der Waals surface area contributed by atoms with Gasteiger partial charge < -0.3 is 10.2 Å². The highest BCUT2D eigenvalue weighted by Crippen LogP contribution is 2.26. The van der Waals surface area contributed by atoms with Crippen molar-refractivity contribution in [2.45, 2.75) is 59.9 Å². The number of aromatic nitrogens is 2. The maximum atomic E-state index is 13.2. The number of nitrogens with zero attached hydrogens (tertiary/aromatic N) is 3. The fraction of sp³-hybridized carbons (Fsp3) is 0.393. The molecular weight excluding hydrogens is 424 g/mol. The molecule has 0 aliphatic heterocycles. The zero-order valence-corrected chi connectivity index (χ0v) is 21.1. The molecule has 1 N–H and O–H groups in total. The third kappa shape index (κ3) is 6.80. The molecule has 3 aromatic rings. The van der Waals surface area contributed by atoms with E-state index in [1.807, 2.05) is 81.4 Å². The van der Waals surface area contributed by atoms with Crippen LogP contribution in [0.3, 0.4) is 0 Å². The summed E-state index contributed by atoms with van der Waals surface area (Å²) in [6.45, 7) is 12.7. The molecular formula is C28H36N4O2. The Labute approximate surface area is 203 Å². The van der Waals surface area contributed by atoms with Gasteiger partial charge in [-0.05, 0) is 30.5 Å². The average molecular weight is 461 g/mol. The monoisotopic (exact) mass is 460 g/mol. The number of amides is 2. The second-order valence-electron chi connectivity index (χ2n) is 10.3. The van der Waals surface area contributed by atoms with E-state index in [4.69, 9.17) is 5.10 Å². The van der Waals surface area contributed by atoms with Gasteiger partial charge >= 0.3 is 0 Å². The lowest BCUT2D eigenvalue weighted by atomic mass is 9.92. The van der Waals surface area contributed by atoms with Crippen LogP contribution in [0.25, 0.3) is 5.69 Å². The van der Waals surface area contributed by atoms with Gasteiger partial charge in [0.1, 0.15) is 12.4 Å².